The van der Waals surface area contributed by atoms with E-state index in [0.717, 1.165) is 16.9 Å². The Morgan fingerprint density at radius 1 is 1.00 bits per heavy atom. The van der Waals surface area contributed by atoms with Crippen molar-refractivity contribution in [3.8, 4) is 11.5 Å². The molecule has 0 saturated carbocycles. The predicted molar refractivity (Wildman–Crippen MR) is 103 cm³/mol. The van der Waals surface area contributed by atoms with Gasteiger partial charge in [0.1, 0.15) is 18.0 Å². The SMILES string of the molecule is Cc1ocnc1C(=O)N1C[C@@H](c2ccccc2)O[C@@H](c2ccc3c(c2)OCO3)C1. The number of aromatic nitrogens is 1. The monoisotopic (exact) mass is 392 g/mol. The van der Waals surface area contributed by atoms with Gasteiger partial charge in [0.05, 0.1) is 13.1 Å². The summed E-state index contributed by atoms with van der Waals surface area (Å²) in [7, 11) is 0. The summed E-state index contributed by atoms with van der Waals surface area (Å²) < 4.78 is 22.6. The maximum atomic E-state index is 13.1. The second-order valence-electron chi connectivity index (χ2n) is 7.10. The molecule has 1 saturated heterocycles. The van der Waals surface area contributed by atoms with E-state index in [2.05, 4.69) is 4.98 Å². The van der Waals surface area contributed by atoms with E-state index in [1.807, 2.05) is 48.5 Å². The van der Waals surface area contributed by atoms with Crippen LogP contribution in [0, 0.1) is 6.92 Å². The summed E-state index contributed by atoms with van der Waals surface area (Å²) >= 11 is 0. The van der Waals surface area contributed by atoms with E-state index in [-0.39, 0.29) is 24.9 Å². The van der Waals surface area contributed by atoms with Gasteiger partial charge in [-0.15, -0.1) is 0 Å². The van der Waals surface area contributed by atoms with Gasteiger partial charge in [0.25, 0.3) is 5.91 Å². The van der Waals surface area contributed by atoms with Crippen molar-refractivity contribution in [1.29, 1.82) is 0 Å². The first-order valence-corrected chi connectivity index (χ1v) is 9.48. The van der Waals surface area contributed by atoms with Crippen LogP contribution in [0.25, 0.3) is 0 Å². The first kappa shape index (κ1) is 17.8. The number of hydrogen-bond donors (Lipinski definition) is 0. The molecular formula is C22H20N2O5. The Morgan fingerprint density at radius 2 is 1.76 bits per heavy atom. The Labute approximate surface area is 167 Å². The van der Waals surface area contributed by atoms with E-state index >= 15 is 0 Å². The van der Waals surface area contributed by atoms with Gasteiger partial charge in [0.2, 0.25) is 6.79 Å². The van der Waals surface area contributed by atoms with Crippen LogP contribution in [0.4, 0.5) is 0 Å². The highest BCUT2D eigenvalue weighted by Gasteiger charge is 2.34. The summed E-state index contributed by atoms with van der Waals surface area (Å²) in [6, 6.07) is 15.7. The minimum absolute atomic E-state index is 0.161. The van der Waals surface area contributed by atoms with E-state index < -0.39 is 0 Å². The number of nitrogens with zero attached hydrogens (tertiary/aromatic N) is 2. The Kier molecular flexibility index (Phi) is 4.44. The number of morpholine rings is 1. The number of ether oxygens (including phenoxy) is 3. The Morgan fingerprint density at radius 3 is 2.52 bits per heavy atom. The van der Waals surface area contributed by atoms with Crippen molar-refractivity contribution in [2.24, 2.45) is 0 Å². The fourth-order valence-electron chi connectivity index (χ4n) is 3.73. The zero-order valence-corrected chi connectivity index (χ0v) is 15.9. The molecule has 0 aliphatic carbocycles. The predicted octanol–water partition coefficient (Wildman–Crippen LogP) is 3.67. The van der Waals surface area contributed by atoms with Gasteiger partial charge in [-0.25, -0.2) is 4.98 Å². The highest BCUT2D eigenvalue weighted by molar-refractivity contribution is 5.93. The Hall–Kier alpha value is -3.32. The van der Waals surface area contributed by atoms with Crippen LogP contribution in [-0.2, 0) is 4.74 Å². The minimum Gasteiger partial charge on any atom is -0.454 e. The average molecular weight is 392 g/mol. The van der Waals surface area contributed by atoms with E-state index in [9.17, 15) is 4.79 Å². The first-order chi connectivity index (χ1) is 14.2. The zero-order chi connectivity index (χ0) is 19.8. The van der Waals surface area contributed by atoms with Crippen LogP contribution in [0.1, 0.15) is 39.6 Å². The molecule has 0 bridgehead atoms. The maximum absolute atomic E-state index is 13.1. The zero-order valence-electron chi connectivity index (χ0n) is 15.9. The summed E-state index contributed by atoms with van der Waals surface area (Å²) in [5.41, 5.74) is 2.29. The number of rotatable bonds is 3. The van der Waals surface area contributed by atoms with Gasteiger partial charge in [-0.2, -0.15) is 0 Å². The van der Waals surface area contributed by atoms with Crippen LogP contribution in [0.3, 0.4) is 0 Å². The van der Waals surface area contributed by atoms with Gasteiger partial charge >= 0.3 is 0 Å². The van der Waals surface area contributed by atoms with Gasteiger partial charge in [0, 0.05) is 0 Å². The molecule has 2 aliphatic heterocycles. The highest BCUT2D eigenvalue weighted by Crippen LogP contribution is 2.39. The molecule has 2 atom stereocenters. The third-order valence-electron chi connectivity index (χ3n) is 5.28. The summed E-state index contributed by atoms with van der Waals surface area (Å²) in [5, 5.41) is 0. The van der Waals surface area contributed by atoms with E-state index in [4.69, 9.17) is 18.6 Å². The van der Waals surface area contributed by atoms with Crippen LogP contribution in [-0.4, -0.2) is 35.7 Å². The normalized spacial score (nSPS) is 20.7. The fraction of sp³-hybridized carbons (Fsp3) is 0.273. The summed E-state index contributed by atoms with van der Waals surface area (Å²) in [6.45, 7) is 2.81. The smallest absolute Gasteiger partial charge is 0.276 e. The molecule has 3 heterocycles. The lowest BCUT2D eigenvalue weighted by Gasteiger charge is -2.38. The number of hydrogen-bond acceptors (Lipinski definition) is 6. The van der Waals surface area contributed by atoms with Crippen LogP contribution in [0.5, 0.6) is 11.5 Å². The molecule has 1 amide bonds. The van der Waals surface area contributed by atoms with Crippen molar-refractivity contribution in [2.45, 2.75) is 19.1 Å². The molecule has 7 heteroatoms. The molecule has 148 valence electrons. The van der Waals surface area contributed by atoms with Crippen molar-refractivity contribution < 1.29 is 23.4 Å². The van der Waals surface area contributed by atoms with Gasteiger partial charge < -0.3 is 23.5 Å². The number of oxazole rings is 1. The summed E-state index contributed by atoms with van der Waals surface area (Å²) in [4.78, 5) is 19.0. The maximum Gasteiger partial charge on any atom is 0.276 e. The largest absolute Gasteiger partial charge is 0.454 e. The van der Waals surface area contributed by atoms with Gasteiger partial charge in [-0.3, -0.25) is 4.79 Å². The molecule has 2 aromatic carbocycles. The quantitative estimate of drug-likeness (QED) is 0.677. The molecule has 5 rings (SSSR count). The lowest BCUT2D eigenvalue weighted by Crippen LogP contribution is -2.44. The molecule has 0 spiro atoms. The second kappa shape index (κ2) is 7.25. The number of carbonyl (C=O) groups excluding carboxylic acids is 1. The van der Waals surface area contributed by atoms with Gasteiger partial charge in [-0.1, -0.05) is 36.4 Å². The molecule has 0 unspecified atom stereocenters. The fourth-order valence-corrected chi connectivity index (χ4v) is 3.73. The van der Waals surface area contributed by atoms with Gasteiger partial charge in [-0.05, 0) is 30.2 Å². The van der Waals surface area contributed by atoms with E-state index in [1.165, 1.54) is 6.39 Å². The minimum atomic E-state index is -0.306. The van der Waals surface area contributed by atoms with E-state index in [0.29, 0.717) is 30.3 Å². The van der Waals surface area contributed by atoms with Gasteiger partial charge in [0.15, 0.2) is 23.6 Å². The lowest BCUT2D eigenvalue weighted by molar-refractivity contribution is -0.0799. The number of fused-ring (bicyclic) bond motifs is 1. The number of aryl methyl sites for hydroxylation is 1. The second-order valence-corrected chi connectivity index (χ2v) is 7.10. The summed E-state index contributed by atoms with van der Waals surface area (Å²) in [6.07, 6.45) is 0.739. The Balaban J connectivity index is 1.47. The Bertz CT molecular complexity index is 1030. The van der Waals surface area contributed by atoms with Crippen molar-refractivity contribution in [3.05, 3.63) is 77.5 Å². The number of carbonyl (C=O) groups is 1. The first-order valence-electron chi connectivity index (χ1n) is 9.48. The third-order valence-corrected chi connectivity index (χ3v) is 5.28. The topological polar surface area (TPSA) is 74.0 Å². The highest BCUT2D eigenvalue weighted by atomic mass is 16.7. The number of benzene rings is 2. The van der Waals surface area contributed by atoms with Crippen molar-refractivity contribution >= 4 is 5.91 Å². The average Bonchev–Trinajstić information content (AvgIpc) is 3.41. The molecule has 1 fully saturated rings. The van der Waals surface area contributed by atoms with Crippen LogP contribution < -0.4 is 9.47 Å². The third kappa shape index (κ3) is 3.34. The van der Waals surface area contributed by atoms with Crippen molar-refractivity contribution in [3.63, 3.8) is 0 Å². The van der Waals surface area contributed by atoms with Crippen molar-refractivity contribution in [2.75, 3.05) is 19.9 Å². The standard InChI is InChI=1S/C22H20N2O5/c1-14-21(23-12-26-14)22(25)24-10-19(15-5-3-2-4-6-15)29-20(11-24)16-7-8-17-18(9-16)28-13-27-17/h2-9,12,19-20H,10-11,13H2,1H3/t19-,20+/m0/s1. The molecule has 2 aliphatic rings. The summed E-state index contributed by atoms with van der Waals surface area (Å²) in [5.74, 6) is 1.76. The van der Waals surface area contributed by atoms with Crippen LogP contribution in [0.15, 0.2) is 59.3 Å². The number of amides is 1. The van der Waals surface area contributed by atoms with Crippen LogP contribution >= 0.6 is 0 Å². The van der Waals surface area contributed by atoms with Crippen LogP contribution in [0.2, 0.25) is 0 Å². The molecule has 1 aromatic heterocycles. The van der Waals surface area contributed by atoms with E-state index in [1.54, 1.807) is 11.8 Å². The molecule has 0 N–H and O–H groups in total. The molecule has 7 nitrogen and oxygen atoms in total. The molecular weight excluding hydrogens is 372 g/mol. The lowest BCUT2D eigenvalue weighted by atomic mass is 10.0. The molecule has 0 radical (unpaired) electrons. The molecule has 3 aromatic rings. The van der Waals surface area contributed by atoms with Crippen molar-refractivity contribution in [1.82, 2.24) is 9.88 Å². The molecule has 29 heavy (non-hydrogen) atoms.